The van der Waals surface area contributed by atoms with Gasteiger partial charge in [-0.15, -0.1) is 0 Å². The number of anilines is 1. The van der Waals surface area contributed by atoms with Crippen molar-refractivity contribution in [2.75, 3.05) is 5.32 Å². The van der Waals surface area contributed by atoms with Crippen molar-refractivity contribution in [3.8, 4) is 22.5 Å². The van der Waals surface area contributed by atoms with Crippen LogP contribution in [0.5, 0.6) is 0 Å². The molecule has 4 aromatic carbocycles. The van der Waals surface area contributed by atoms with E-state index in [-0.39, 0.29) is 18.5 Å². The minimum Gasteiger partial charge on any atom is -0.359 e. The number of hydrogen-bond acceptors (Lipinski definition) is 6. The van der Waals surface area contributed by atoms with Gasteiger partial charge >= 0.3 is 6.03 Å². The maximum absolute atomic E-state index is 11.9. The molecule has 0 aliphatic carbocycles. The molecular weight excluding hydrogens is 542 g/mol. The van der Waals surface area contributed by atoms with Gasteiger partial charge < -0.3 is 25.0 Å². The molecule has 6 rings (SSSR count). The lowest BCUT2D eigenvalue weighted by molar-refractivity contribution is 0.0947. The number of hydrogen-bond donors (Lipinski definition) is 3. The summed E-state index contributed by atoms with van der Waals surface area (Å²) < 4.78 is 10.5. The summed E-state index contributed by atoms with van der Waals surface area (Å²) in [4.78, 5) is 23.7. The van der Waals surface area contributed by atoms with Crippen molar-refractivity contribution in [2.24, 2.45) is 0 Å². The van der Waals surface area contributed by atoms with Gasteiger partial charge in [0.05, 0.1) is 13.1 Å². The average Bonchev–Trinajstić information content (AvgIpc) is 3.75. The quantitative estimate of drug-likeness (QED) is 0.182. The smallest absolute Gasteiger partial charge is 0.319 e. The number of para-hydroxylation sites is 1. The van der Waals surface area contributed by atoms with E-state index in [1.807, 2.05) is 121 Å². The van der Waals surface area contributed by atoms with E-state index in [4.69, 9.17) is 9.05 Å². The first-order valence-corrected chi connectivity index (χ1v) is 13.6. The van der Waals surface area contributed by atoms with E-state index in [2.05, 4.69) is 26.3 Å². The summed E-state index contributed by atoms with van der Waals surface area (Å²) in [5.41, 5.74) is 4.84. The van der Waals surface area contributed by atoms with Gasteiger partial charge in [0.1, 0.15) is 11.4 Å². The Labute approximate surface area is 248 Å². The first kappa shape index (κ1) is 28.6. The highest BCUT2D eigenvalue weighted by molar-refractivity contribution is 5.94. The first-order valence-electron chi connectivity index (χ1n) is 13.6. The van der Waals surface area contributed by atoms with Gasteiger partial charge in [0, 0.05) is 34.5 Å². The van der Waals surface area contributed by atoms with E-state index in [1.54, 1.807) is 12.1 Å². The molecule has 6 aromatic rings. The van der Waals surface area contributed by atoms with Gasteiger partial charge in [-0.25, -0.2) is 4.79 Å². The van der Waals surface area contributed by atoms with E-state index >= 15 is 0 Å². The minimum atomic E-state index is -0.288. The second-order valence-corrected chi connectivity index (χ2v) is 9.31. The Morgan fingerprint density at radius 2 is 1.00 bits per heavy atom. The third-order valence-electron chi connectivity index (χ3n) is 6.17. The second-order valence-electron chi connectivity index (χ2n) is 9.31. The van der Waals surface area contributed by atoms with Gasteiger partial charge in [-0.3, -0.25) is 4.79 Å². The number of nitrogens with zero attached hydrogens (tertiary/aromatic N) is 2. The summed E-state index contributed by atoms with van der Waals surface area (Å²) in [5, 5.41) is 16.3. The maximum atomic E-state index is 11.9. The standard InChI is InChI=1S/C17H15N3O2.C17H14N2O2/c21-17(19-14-9-5-2-6-10-14)18-12-15-11-16(20-22-15)13-7-3-1-4-8-13;20-17(14-9-5-2-6-10-14)18-12-15-11-16(19-21-15)13-7-3-1-4-8-13/h1-11H,12H2,(H2,18,19,21);1-11H,12H2,(H,18,20). The first-order chi connectivity index (χ1) is 21.1. The van der Waals surface area contributed by atoms with Gasteiger partial charge in [-0.05, 0) is 24.3 Å². The lowest BCUT2D eigenvalue weighted by atomic mass is 10.1. The molecule has 9 heteroatoms. The Bertz CT molecular complexity index is 1720. The van der Waals surface area contributed by atoms with Crippen molar-refractivity contribution in [1.82, 2.24) is 20.9 Å². The van der Waals surface area contributed by atoms with Crippen LogP contribution in [-0.4, -0.2) is 22.3 Å². The molecule has 0 spiro atoms. The highest BCUT2D eigenvalue weighted by Gasteiger charge is 2.10. The van der Waals surface area contributed by atoms with Crippen LogP contribution in [0.25, 0.3) is 22.5 Å². The van der Waals surface area contributed by atoms with Crippen LogP contribution in [0.15, 0.2) is 143 Å². The summed E-state index contributed by atoms with van der Waals surface area (Å²) in [6.07, 6.45) is 0. The van der Waals surface area contributed by atoms with Crippen LogP contribution in [0, 0.1) is 0 Å². The Morgan fingerprint density at radius 1 is 0.558 bits per heavy atom. The molecule has 0 aliphatic heterocycles. The molecule has 9 nitrogen and oxygen atoms in total. The Morgan fingerprint density at radius 3 is 1.51 bits per heavy atom. The molecule has 0 saturated carbocycles. The van der Waals surface area contributed by atoms with Crippen molar-refractivity contribution in [3.05, 3.63) is 151 Å². The molecule has 3 amide bonds. The number of carbonyl (C=O) groups is 2. The molecule has 0 saturated heterocycles. The molecule has 0 atom stereocenters. The van der Waals surface area contributed by atoms with Crippen LogP contribution < -0.4 is 16.0 Å². The lowest BCUT2D eigenvalue weighted by Gasteiger charge is -2.05. The van der Waals surface area contributed by atoms with E-state index in [0.29, 0.717) is 23.6 Å². The van der Waals surface area contributed by atoms with Gasteiger partial charge in [-0.2, -0.15) is 0 Å². The predicted molar refractivity (Wildman–Crippen MR) is 164 cm³/mol. The van der Waals surface area contributed by atoms with E-state index in [9.17, 15) is 9.59 Å². The summed E-state index contributed by atoms with van der Waals surface area (Å²) in [7, 11) is 0. The Kier molecular flexibility index (Phi) is 9.70. The van der Waals surface area contributed by atoms with Gasteiger partial charge in [-0.1, -0.05) is 107 Å². The van der Waals surface area contributed by atoms with E-state index < -0.39 is 0 Å². The Balaban J connectivity index is 0.000000171. The fraction of sp³-hybridized carbons (Fsp3) is 0.0588. The molecule has 0 bridgehead atoms. The third kappa shape index (κ3) is 8.51. The number of carbonyl (C=O) groups excluding carboxylic acids is 2. The minimum absolute atomic E-state index is 0.131. The topological polar surface area (TPSA) is 122 Å². The monoisotopic (exact) mass is 571 g/mol. The van der Waals surface area contributed by atoms with Crippen molar-refractivity contribution >= 4 is 17.6 Å². The predicted octanol–water partition coefficient (Wildman–Crippen LogP) is 6.93. The van der Waals surface area contributed by atoms with Gasteiger partial charge in [0.2, 0.25) is 0 Å². The molecule has 0 aliphatic rings. The molecule has 3 N–H and O–H groups in total. The number of urea groups is 1. The highest BCUT2D eigenvalue weighted by Crippen LogP contribution is 2.19. The Hall–Kier alpha value is -5.96. The van der Waals surface area contributed by atoms with Crippen LogP contribution in [0.1, 0.15) is 21.9 Å². The zero-order valence-electron chi connectivity index (χ0n) is 23.1. The molecule has 0 unspecified atom stereocenters. The third-order valence-corrected chi connectivity index (χ3v) is 6.17. The molecule has 214 valence electrons. The fourth-order valence-corrected chi connectivity index (χ4v) is 4.01. The summed E-state index contributed by atoms with van der Waals surface area (Å²) in [6.45, 7) is 0.589. The number of nitrogens with one attached hydrogen (secondary N) is 3. The van der Waals surface area contributed by atoms with Crippen LogP contribution in [0.3, 0.4) is 0 Å². The number of rotatable bonds is 8. The molecular formula is C34H29N5O4. The summed E-state index contributed by atoms with van der Waals surface area (Å²) in [5.74, 6) is 1.09. The zero-order valence-corrected chi connectivity index (χ0v) is 23.1. The zero-order chi connectivity index (χ0) is 29.7. The number of benzene rings is 4. The van der Waals surface area contributed by atoms with E-state index in [0.717, 1.165) is 28.2 Å². The van der Waals surface area contributed by atoms with Gasteiger partial charge in [0.25, 0.3) is 5.91 Å². The van der Waals surface area contributed by atoms with Crippen molar-refractivity contribution < 1.29 is 18.6 Å². The van der Waals surface area contributed by atoms with Gasteiger partial charge in [0.15, 0.2) is 11.5 Å². The van der Waals surface area contributed by atoms with Crippen molar-refractivity contribution in [3.63, 3.8) is 0 Å². The molecule has 43 heavy (non-hydrogen) atoms. The molecule has 2 heterocycles. The fourth-order valence-electron chi connectivity index (χ4n) is 4.01. The maximum Gasteiger partial charge on any atom is 0.319 e. The number of amides is 3. The summed E-state index contributed by atoms with van der Waals surface area (Å²) in [6, 6.07) is 41.2. The molecule has 0 fully saturated rings. The normalized spacial score (nSPS) is 10.2. The number of aromatic nitrogens is 2. The molecule has 2 aromatic heterocycles. The largest absolute Gasteiger partial charge is 0.359 e. The average molecular weight is 572 g/mol. The summed E-state index contributed by atoms with van der Waals surface area (Å²) >= 11 is 0. The van der Waals surface area contributed by atoms with Crippen molar-refractivity contribution in [1.29, 1.82) is 0 Å². The van der Waals surface area contributed by atoms with Crippen LogP contribution in [0.2, 0.25) is 0 Å². The lowest BCUT2D eigenvalue weighted by Crippen LogP contribution is -2.27. The second kappa shape index (κ2) is 14.6. The molecule has 0 radical (unpaired) electrons. The van der Waals surface area contributed by atoms with Crippen LogP contribution in [-0.2, 0) is 13.1 Å². The van der Waals surface area contributed by atoms with Crippen molar-refractivity contribution in [2.45, 2.75) is 13.1 Å². The SMILES string of the molecule is O=C(NCc1cc(-c2ccccc2)no1)Nc1ccccc1.O=C(NCc1cc(-c2ccccc2)no1)c1ccccc1. The highest BCUT2D eigenvalue weighted by atomic mass is 16.5. The van der Waals surface area contributed by atoms with Crippen LogP contribution in [0.4, 0.5) is 10.5 Å². The van der Waals surface area contributed by atoms with E-state index in [1.165, 1.54) is 0 Å². The van der Waals surface area contributed by atoms with Crippen LogP contribution >= 0.6 is 0 Å².